The molecule has 1 amide bonds. The number of nitrogens with one attached hydrogen (secondary N) is 1. The van der Waals surface area contributed by atoms with Crippen molar-refractivity contribution in [3.8, 4) is 0 Å². The molecule has 12 heavy (non-hydrogen) atoms. The van der Waals surface area contributed by atoms with Crippen LogP contribution in [-0.2, 0) is 9.63 Å². The van der Waals surface area contributed by atoms with Gasteiger partial charge < -0.3 is 10.6 Å². The van der Waals surface area contributed by atoms with Gasteiger partial charge in [0.05, 0.1) is 18.7 Å². The molecule has 2 heterocycles. The zero-order chi connectivity index (χ0) is 8.55. The Morgan fingerprint density at radius 2 is 2.50 bits per heavy atom. The molecular formula is C7H13N3O2. The maximum atomic E-state index is 10.9. The summed E-state index contributed by atoms with van der Waals surface area (Å²) in [6.07, 6.45) is 0.895. The van der Waals surface area contributed by atoms with Gasteiger partial charge in [-0.25, -0.2) is 5.48 Å². The van der Waals surface area contributed by atoms with Crippen molar-refractivity contribution in [1.29, 1.82) is 0 Å². The predicted molar refractivity (Wildman–Crippen MR) is 42.0 cm³/mol. The second-order valence-corrected chi connectivity index (χ2v) is 3.26. The summed E-state index contributed by atoms with van der Waals surface area (Å²) in [5.41, 5.74) is 8.00. The fourth-order valence-electron chi connectivity index (χ4n) is 1.73. The van der Waals surface area contributed by atoms with Crippen LogP contribution in [0.3, 0.4) is 0 Å². The molecule has 2 unspecified atom stereocenters. The number of nitrogens with zero attached hydrogens (tertiary/aromatic N) is 1. The van der Waals surface area contributed by atoms with Crippen molar-refractivity contribution in [3.63, 3.8) is 0 Å². The number of nitrogens with two attached hydrogens (primary N) is 1. The van der Waals surface area contributed by atoms with Gasteiger partial charge in [0, 0.05) is 13.1 Å². The van der Waals surface area contributed by atoms with E-state index in [9.17, 15) is 4.79 Å². The first-order valence-electron chi connectivity index (χ1n) is 4.19. The molecule has 2 aliphatic heterocycles. The summed E-state index contributed by atoms with van der Waals surface area (Å²) in [4.78, 5) is 18.0. The van der Waals surface area contributed by atoms with Crippen molar-refractivity contribution in [1.82, 2.24) is 10.4 Å². The van der Waals surface area contributed by atoms with Gasteiger partial charge in [0.1, 0.15) is 0 Å². The van der Waals surface area contributed by atoms with Crippen LogP contribution < -0.4 is 11.2 Å². The van der Waals surface area contributed by atoms with Gasteiger partial charge in [-0.2, -0.15) is 0 Å². The van der Waals surface area contributed by atoms with Crippen molar-refractivity contribution in [2.24, 2.45) is 5.73 Å². The summed E-state index contributed by atoms with van der Waals surface area (Å²) in [5.74, 6) is -0.215. The Hall–Kier alpha value is -0.650. The number of carbonyl (C=O) groups excluding carboxylic acids is 1. The van der Waals surface area contributed by atoms with E-state index in [4.69, 9.17) is 10.6 Å². The zero-order valence-electron chi connectivity index (χ0n) is 6.82. The fraction of sp³-hybridized carbons (Fsp3) is 0.857. The number of likely N-dealkylation sites (tertiary alicyclic amines) is 1. The van der Waals surface area contributed by atoms with E-state index in [2.05, 4.69) is 10.4 Å². The Balaban J connectivity index is 1.91. The van der Waals surface area contributed by atoms with E-state index >= 15 is 0 Å². The van der Waals surface area contributed by atoms with E-state index in [0.717, 1.165) is 19.5 Å². The Kier molecular flexibility index (Phi) is 2.00. The predicted octanol–water partition coefficient (Wildman–Crippen LogP) is -1.55. The quantitative estimate of drug-likeness (QED) is 0.528. The van der Waals surface area contributed by atoms with Crippen molar-refractivity contribution in [2.75, 3.05) is 19.7 Å². The third-order valence-corrected chi connectivity index (χ3v) is 2.56. The van der Waals surface area contributed by atoms with Crippen LogP contribution in [0.25, 0.3) is 0 Å². The molecular weight excluding hydrogens is 158 g/mol. The summed E-state index contributed by atoms with van der Waals surface area (Å²) < 4.78 is 0. The molecule has 2 saturated heterocycles. The van der Waals surface area contributed by atoms with Crippen molar-refractivity contribution in [2.45, 2.75) is 18.5 Å². The minimum absolute atomic E-state index is 0.0569. The second kappa shape index (κ2) is 3.01. The van der Waals surface area contributed by atoms with Crippen LogP contribution in [0.5, 0.6) is 0 Å². The van der Waals surface area contributed by atoms with Crippen molar-refractivity contribution >= 4 is 5.91 Å². The van der Waals surface area contributed by atoms with Crippen LogP contribution in [-0.4, -0.2) is 42.6 Å². The Morgan fingerprint density at radius 1 is 1.67 bits per heavy atom. The second-order valence-electron chi connectivity index (χ2n) is 3.26. The molecule has 2 fully saturated rings. The van der Waals surface area contributed by atoms with Crippen LogP contribution in [0, 0.1) is 0 Å². The van der Waals surface area contributed by atoms with Gasteiger partial charge >= 0.3 is 0 Å². The normalized spacial score (nSPS) is 36.3. The monoisotopic (exact) mass is 171 g/mol. The van der Waals surface area contributed by atoms with E-state index in [1.165, 1.54) is 0 Å². The molecule has 2 aliphatic rings. The van der Waals surface area contributed by atoms with Gasteiger partial charge in [0.2, 0.25) is 5.91 Å². The van der Waals surface area contributed by atoms with Crippen molar-refractivity contribution < 1.29 is 9.63 Å². The van der Waals surface area contributed by atoms with Crippen LogP contribution in [0.2, 0.25) is 0 Å². The van der Waals surface area contributed by atoms with E-state index in [1.807, 2.05) is 0 Å². The van der Waals surface area contributed by atoms with E-state index in [1.54, 1.807) is 0 Å². The Bertz CT molecular complexity index is 191. The lowest BCUT2D eigenvalue weighted by molar-refractivity contribution is -0.129. The molecule has 3 N–H and O–H groups in total. The van der Waals surface area contributed by atoms with Crippen molar-refractivity contribution in [3.05, 3.63) is 0 Å². The average molecular weight is 171 g/mol. The number of amides is 1. The fourth-order valence-corrected chi connectivity index (χ4v) is 1.73. The van der Waals surface area contributed by atoms with Crippen LogP contribution in [0.1, 0.15) is 6.42 Å². The molecule has 68 valence electrons. The van der Waals surface area contributed by atoms with Gasteiger partial charge in [-0.3, -0.25) is 9.69 Å². The average Bonchev–Trinajstić information content (AvgIpc) is 2.35. The van der Waals surface area contributed by atoms with E-state index in [-0.39, 0.29) is 11.9 Å². The lowest BCUT2D eigenvalue weighted by Gasteiger charge is -2.41. The molecule has 2 atom stereocenters. The van der Waals surface area contributed by atoms with Gasteiger partial charge in [-0.15, -0.1) is 0 Å². The lowest BCUT2D eigenvalue weighted by atomic mass is 9.99. The first kappa shape index (κ1) is 7.97. The smallest absolute Gasteiger partial charge is 0.234 e. The molecule has 5 nitrogen and oxygen atoms in total. The summed E-state index contributed by atoms with van der Waals surface area (Å²) >= 11 is 0. The maximum absolute atomic E-state index is 10.9. The Labute approximate surface area is 70.8 Å². The maximum Gasteiger partial charge on any atom is 0.234 e. The zero-order valence-corrected chi connectivity index (χ0v) is 6.82. The van der Waals surface area contributed by atoms with Crippen LogP contribution in [0.15, 0.2) is 0 Å². The molecule has 0 aromatic rings. The highest BCUT2D eigenvalue weighted by Gasteiger charge is 2.38. The SMILES string of the molecule is NC(=O)C1CCN1C1CNOC1. The summed E-state index contributed by atoms with van der Waals surface area (Å²) in [6.45, 7) is 2.41. The molecule has 0 aliphatic carbocycles. The first-order valence-corrected chi connectivity index (χ1v) is 4.19. The van der Waals surface area contributed by atoms with Crippen LogP contribution >= 0.6 is 0 Å². The number of hydroxylamine groups is 1. The number of rotatable bonds is 2. The lowest BCUT2D eigenvalue weighted by Crippen LogP contribution is -2.60. The summed E-state index contributed by atoms with van der Waals surface area (Å²) in [5, 5.41) is 0. The molecule has 5 heteroatoms. The molecule has 0 aromatic heterocycles. The highest BCUT2D eigenvalue weighted by atomic mass is 16.7. The van der Waals surface area contributed by atoms with Gasteiger partial charge in [-0.05, 0) is 6.42 Å². The molecule has 0 radical (unpaired) electrons. The minimum atomic E-state index is -0.215. The summed E-state index contributed by atoms with van der Waals surface area (Å²) in [6, 6.07) is 0.273. The topological polar surface area (TPSA) is 67.6 Å². The number of primary amides is 1. The number of hydrogen-bond acceptors (Lipinski definition) is 4. The first-order chi connectivity index (χ1) is 5.79. The summed E-state index contributed by atoms with van der Waals surface area (Å²) in [7, 11) is 0. The van der Waals surface area contributed by atoms with Gasteiger partial charge in [0.15, 0.2) is 0 Å². The number of hydrogen-bond donors (Lipinski definition) is 2. The molecule has 2 rings (SSSR count). The largest absolute Gasteiger partial charge is 0.368 e. The third kappa shape index (κ3) is 1.20. The highest BCUT2D eigenvalue weighted by molar-refractivity contribution is 5.80. The number of carbonyl (C=O) groups is 1. The molecule has 0 spiro atoms. The Morgan fingerprint density at radius 3 is 2.92 bits per heavy atom. The molecule has 0 saturated carbocycles. The minimum Gasteiger partial charge on any atom is -0.368 e. The highest BCUT2D eigenvalue weighted by Crippen LogP contribution is 2.21. The molecule has 0 aromatic carbocycles. The van der Waals surface area contributed by atoms with E-state index in [0.29, 0.717) is 12.6 Å². The van der Waals surface area contributed by atoms with Crippen LogP contribution in [0.4, 0.5) is 0 Å². The molecule has 0 bridgehead atoms. The van der Waals surface area contributed by atoms with Gasteiger partial charge in [-0.1, -0.05) is 0 Å². The van der Waals surface area contributed by atoms with Gasteiger partial charge in [0.25, 0.3) is 0 Å². The van der Waals surface area contributed by atoms with E-state index < -0.39 is 0 Å². The standard InChI is InChI=1S/C7H13N3O2/c8-7(11)6-1-2-10(6)5-3-9-12-4-5/h5-6,9H,1-4H2,(H2,8,11). The third-order valence-electron chi connectivity index (χ3n) is 2.56.